The van der Waals surface area contributed by atoms with E-state index >= 15 is 0 Å². The molecule has 0 saturated carbocycles. The van der Waals surface area contributed by atoms with Crippen molar-refractivity contribution in [1.82, 2.24) is 4.98 Å². The first-order valence-electron chi connectivity index (χ1n) is 4.77. The average Bonchev–Trinajstić information content (AvgIpc) is 1.98. The molecule has 0 amide bonds. The van der Waals surface area contributed by atoms with Crippen LogP contribution in [-0.4, -0.2) is 4.98 Å². The zero-order valence-electron chi connectivity index (χ0n) is 9.52. The van der Waals surface area contributed by atoms with E-state index < -0.39 is 0 Å². The summed E-state index contributed by atoms with van der Waals surface area (Å²) in [5.74, 6) is 0. The Labute approximate surface area is 81.2 Å². The first-order valence-corrected chi connectivity index (χ1v) is 4.77. The predicted molar refractivity (Wildman–Crippen MR) is 57.1 cm³/mol. The van der Waals surface area contributed by atoms with Gasteiger partial charge in [-0.3, -0.25) is 4.98 Å². The zero-order valence-corrected chi connectivity index (χ0v) is 9.52. The highest BCUT2D eigenvalue weighted by Gasteiger charge is 2.19. The summed E-state index contributed by atoms with van der Waals surface area (Å²) in [6.07, 6.45) is 1.98. The van der Waals surface area contributed by atoms with Crippen molar-refractivity contribution in [2.24, 2.45) is 0 Å². The summed E-state index contributed by atoms with van der Waals surface area (Å²) in [6, 6.07) is 0. The Morgan fingerprint density at radius 3 is 2.00 bits per heavy atom. The molecule has 0 aliphatic rings. The lowest BCUT2D eigenvalue weighted by Crippen LogP contribution is -2.16. The molecule has 0 unspecified atom stereocenters. The van der Waals surface area contributed by atoms with Gasteiger partial charge < -0.3 is 0 Å². The number of rotatable bonds is 0. The normalized spacial score (nSPS) is 11.8. The largest absolute Gasteiger partial charge is 0.260 e. The lowest BCUT2D eigenvalue weighted by Gasteiger charge is -2.21. The van der Waals surface area contributed by atoms with Gasteiger partial charge in [0.2, 0.25) is 0 Å². The fraction of sp³-hybridized carbons (Fsp3) is 0.583. The van der Waals surface area contributed by atoms with Crippen molar-refractivity contribution in [3.05, 3.63) is 28.6 Å². The second-order valence-corrected chi connectivity index (χ2v) is 4.79. The van der Waals surface area contributed by atoms with E-state index in [0.29, 0.717) is 0 Å². The first kappa shape index (κ1) is 10.2. The van der Waals surface area contributed by atoms with Crippen LogP contribution in [0.4, 0.5) is 0 Å². The standard InChI is InChI=1S/C12H19N/c1-8-7-13-11(12(4,5)6)10(3)9(8)2/h7H,1-6H3. The van der Waals surface area contributed by atoms with Crippen LogP contribution in [0.1, 0.15) is 43.2 Å². The quantitative estimate of drug-likeness (QED) is 0.592. The molecular weight excluding hydrogens is 158 g/mol. The predicted octanol–water partition coefficient (Wildman–Crippen LogP) is 3.30. The van der Waals surface area contributed by atoms with Crippen molar-refractivity contribution in [1.29, 1.82) is 0 Å². The van der Waals surface area contributed by atoms with Crippen LogP contribution in [0.5, 0.6) is 0 Å². The highest BCUT2D eigenvalue weighted by Crippen LogP contribution is 2.26. The van der Waals surface area contributed by atoms with E-state index in [1.165, 1.54) is 22.4 Å². The van der Waals surface area contributed by atoms with Gasteiger partial charge in [0.25, 0.3) is 0 Å². The van der Waals surface area contributed by atoms with Gasteiger partial charge in [-0.25, -0.2) is 0 Å². The molecule has 1 heterocycles. The van der Waals surface area contributed by atoms with E-state index in [1.54, 1.807) is 0 Å². The molecule has 0 fully saturated rings. The molecule has 1 aromatic rings. The van der Waals surface area contributed by atoms with Crippen molar-refractivity contribution in [2.45, 2.75) is 47.0 Å². The highest BCUT2D eigenvalue weighted by atomic mass is 14.7. The molecule has 0 N–H and O–H groups in total. The molecule has 0 radical (unpaired) electrons. The summed E-state index contributed by atoms with van der Waals surface area (Å²) in [7, 11) is 0. The Hall–Kier alpha value is -0.850. The van der Waals surface area contributed by atoms with Crippen LogP contribution in [-0.2, 0) is 5.41 Å². The Balaban J connectivity index is 3.35. The van der Waals surface area contributed by atoms with Gasteiger partial charge in [-0.2, -0.15) is 0 Å². The van der Waals surface area contributed by atoms with Gasteiger partial charge in [0.05, 0.1) is 0 Å². The minimum Gasteiger partial charge on any atom is -0.260 e. The van der Waals surface area contributed by atoms with Gasteiger partial charge in [-0.05, 0) is 37.5 Å². The topological polar surface area (TPSA) is 12.9 Å². The van der Waals surface area contributed by atoms with Crippen molar-refractivity contribution < 1.29 is 0 Å². The fourth-order valence-corrected chi connectivity index (χ4v) is 1.58. The first-order chi connectivity index (χ1) is 5.84. The Kier molecular flexibility index (Phi) is 2.47. The molecule has 1 nitrogen and oxygen atoms in total. The van der Waals surface area contributed by atoms with Gasteiger partial charge in [-0.1, -0.05) is 20.8 Å². The Bertz CT molecular complexity index is 319. The van der Waals surface area contributed by atoms with Crippen LogP contribution in [0, 0.1) is 20.8 Å². The third-order valence-corrected chi connectivity index (χ3v) is 2.61. The molecule has 0 spiro atoms. The lowest BCUT2D eigenvalue weighted by atomic mass is 9.87. The number of aromatic nitrogens is 1. The Morgan fingerprint density at radius 1 is 1.00 bits per heavy atom. The molecule has 1 heteroatoms. The molecule has 72 valence electrons. The van der Waals surface area contributed by atoms with Crippen LogP contribution in [0.2, 0.25) is 0 Å². The number of hydrogen-bond acceptors (Lipinski definition) is 1. The molecule has 1 rings (SSSR count). The molecule has 0 aromatic carbocycles. The van der Waals surface area contributed by atoms with Crippen molar-refractivity contribution in [3.63, 3.8) is 0 Å². The third-order valence-electron chi connectivity index (χ3n) is 2.61. The summed E-state index contributed by atoms with van der Waals surface area (Å²) < 4.78 is 0. The maximum atomic E-state index is 4.51. The van der Waals surface area contributed by atoms with Gasteiger partial charge in [-0.15, -0.1) is 0 Å². The number of nitrogens with zero attached hydrogens (tertiary/aromatic N) is 1. The van der Waals surface area contributed by atoms with Gasteiger partial charge in [0.1, 0.15) is 0 Å². The summed E-state index contributed by atoms with van der Waals surface area (Å²) in [4.78, 5) is 4.51. The van der Waals surface area contributed by atoms with Crippen molar-refractivity contribution >= 4 is 0 Å². The van der Waals surface area contributed by atoms with Crippen molar-refractivity contribution in [2.75, 3.05) is 0 Å². The van der Waals surface area contributed by atoms with Gasteiger partial charge >= 0.3 is 0 Å². The molecule has 13 heavy (non-hydrogen) atoms. The van der Waals surface area contributed by atoms with Crippen LogP contribution < -0.4 is 0 Å². The minimum atomic E-state index is 0.155. The number of pyridine rings is 1. The zero-order chi connectivity index (χ0) is 10.2. The number of hydrogen-bond donors (Lipinski definition) is 0. The third kappa shape index (κ3) is 1.90. The van der Waals surface area contributed by atoms with Crippen LogP contribution in [0.3, 0.4) is 0 Å². The second-order valence-electron chi connectivity index (χ2n) is 4.79. The molecule has 0 aliphatic heterocycles. The van der Waals surface area contributed by atoms with Gasteiger partial charge in [0, 0.05) is 17.3 Å². The number of aryl methyl sites for hydroxylation is 1. The fourth-order valence-electron chi connectivity index (χ4n) is 1.58. The van der Waals surface area contributed by atoms with E-state index in [4.69, 9.17) is 0 Å². The minimum absolute atomic E-state index is 0.155. The van der Waals surface area contributed by atoms with Crippen LogP contribution in [0.25, 0.3) is 0 Å². The summed E-state index contributed by atoms with van der Waals surface area (Å²) >= 11 is 0. The molecule has 0 aliphatic carbocycles. The molecule has 0 atom stereocenters. The summed E-state index contributed by atoms with van der Waals surface area (Å²) in [6.45, 7) is 13.1. The average molecular weight is 177 g/mol. The van der Waals surface area contributed by atoms with Gasteiger partial charge in [0.15, 0.2) is 0 Å². The second kappa shape index (κ2) is 3.13. The van der Waals surface area contributed by atoms with Crippen molar-refractivity contribution in [3.8, 4) is 0 Å². The summed E-state index contributed by atoms with van der Waals surface area (Å²) in [5, 5.41) is 0. The van der Waals surface area contributed by atoms with Crippen LogP contribution in [0.15, 0.2) is 6.20 Å². The lowest BCUT2D eigenvalue weighted by molar-refractivity contribution is 0.563. The van der Waals surface area contributed by atoms with E-state index in [9.17, 15) is 0 Å². The smallest absolute Gasteiger partial charge is 0.0488 e. The van der Waals surface area contributed by atoms with E-state index in [0.717, 1.165) is 0 Å². The van der Waals surface area contributed by atoms with E-state index in [2.05, 4.69) is 46.5 Å². The Morgan fingerprint density at radius 2 is 1.54 bits per heavy atom. The SMILES string of the molecule is Cc1cnc(C(C)(C)C)c(C)c1C. The maximum Gasteiger partial charge on any atom is 0.0488 e. The molecule has 1 aromatic heterocycles. The maximum absolute atomic E-state index is 4.51. The summed E-state index contributed by atoms with van der Waals surface area (Å²) in [5.41, 5.74) is 5.37. The molecular formula is C12H19N. The molecule has 0 saturated heterocycles. The monoisotopic (exact) mass is 177 g/mol. The highest BCUT2D eigenvalue weighted by molar-refractivity contribution is 5.36. The van der Waals surface area contributed by atoms with E-state index in [1.807, 2.05) is 6.20 Å². The van der Waals surface area contributed by atoms with Crippen LogP contribution >= 0.6 is 0 Å². The molecule has 0 bridgehead atoms. The van der Waals surface area contributed by atoms with E-state index in [-0.39, 0.29) is 5.41 Å².